The second kappa shape index (κ2) is 9.14. The van der Waals surface area contributed by atoms with Gasteiger partial charge in [-0.1, -0.05) is 30.3 Å². The van der Waals surface area contributed by atoms with E-state index in [4.69, 9.17) is 24.0 Å². The number of carbonyl (C=O) groups is 1. The molecule has 0 aliphatic carbocycles. The van der Waals surface area contributed by atoms with Crippen molar-refractivity contribution in [3.63, 3.8) is 0 Å². The summed E-state index contributed by atoms with van der Waals surface area (Å²) in [7, 11) is -1.58. The third kappa shape index (κ3) is 9.02. The van der Waals surface area contributed by atoms with Crippen LogP contribution < -0.4 is 14.2 Å². The first-order valence-corrected chi connectivity index (χ1v) is 8.37. The van der Waals surface area contributed by atoms with Crippen LogP contribution in [0.4, 0.5) is 4.79 Å². The third-order valence-electron chi connectivity index (χ3n) is 2.61. The second-order valence-corrected chi connectivity index (χ2v) is 5.93. The van der Waals surface area contributed by atoms with Gasteiger partial charge in [0.2, 0.25) is 6.20 Å². The molecule has 0 radical (unpaired) electrons. The Morgan fingerprint density at radius 3 is 2.33 bits per heavy atom. The molecule has 0 atom stereocenters. The standard InChI is InChI=1S/C15H17N2O2.H3O4P/c1-16(2)15(18)19-14-9-6-10-17(12-14)11-13-7-4-3-5-8-13;1-5(2,3)4/h3-10,12H,11H2,1-2H3;(H3,1,2,3,4)/q+1;/p-1. The summed E-state index contributed by atoms with van der Waals surface area (Å²) in [6.45, 7) is 0.744. The van der Waals surface area contributed by atoms with Crippen molar-refractivity contribution in [2.24, 2.45) is 0 Å². The molecule has 0 aliphatic heterocycles. The quantitative estimate of drug-likeness (QED) is 0.614. The maximum Gasteiger partial charge on any atom is 0.414 e. The van der Waals surface area contributed by atoms with Gasteiger partial charge in [0.1, 0.15) is 0 Å². The van der Waals surface area contributed by atoms with Crippen LogP contribution in [0.2, 0.25) is 0 Å². The Hall–Kier alpha value is -2.25. The minimum atomic E-state index is -4.89. The van der Waals surface area contributed by atoms with Crippen molar-refractivity contribution >= 4 is 13.9 Å². The van der Waals surface area contributed by atoms with E-state index in [0.29, 0.717) is 5.75 Å². The van der Waals surface area contributed by atoms with Gasteiger partial charge in [-0.05, 0) is 6.07 Å². The number of hydrogen-bond donors (Lipinski definition) is 2. The van der Waals surface area contributed by atoms with Gasteiger partial charge >= 0.3 is 6.09 Å². The Kier molecular flexibility index (Phi) is 7.54. The summed E-state index contributed by atoms with van der Waals surface area (Å²) in [6, 6.07) is 13.8. The van der Waals surface area contributed by atoms with Crippen molar-refractivity contribution in [3.05, 3.63) is 60.4 Å². The van der Waals surface area contributed by atoms with Crippen LogP contribution >= 0.6 is 7.82 Å². The van der Waals surface area contributed by atoms with E-state index >= 15 is 0 Å². The van der Waals surface area contributed by atoms with Crippen LogP contribution in [0.25, 0.3) is 0 Å². The van der Waals surface area contributed by atoms with Gasteiger partial charge in [0.25, 0.3) is 7.82 Å². The van der Waals surface area contributed by atoms with Crippen molar-refractivity contribution in [2.75, 3.05) is 14.1 Å². The SMILES string of the molecule is CN(C)C(=O)Oc1ccc[n+](Cc2ccccc2)c1.O=P([O-])(O)O. The van der Waals surface area contributed by atoms with Crippen molar-refractivity contribution < 1.29 is 33.3 Å². The lowest BCUT2D eigenvalue weighted by Crippen LogP contribution is -2.34. The number of nitrogens with zero attached hydrogens (tertiary/aromatic N) is 2. The zero-order valence-corrected chi connectivity index (χ0v) is 14.2. The van der Waals surface area contributed by atoms with Gasteiger partial charge < -0.3 is 24.3 Å². The number of aromatic nitrogens is 1. The molecule has 2 aromatic rings. The van der Waals surface area contributed by atoms with Gasteiger partial charge in [0.15, 0.2) is 18.5 Å². The average molecular weight is 354 g/mol. The van der Waals surface area contributed by atoms with Crippen LogP contribution in [0.1, 0.15) is 5.56 Å². The van der Waals surface area contributed by atoms with E-state index in [9.17, 15) is 4.79 Å². The van der Waals surface area contributed by atoms with E-state index in [0.717, 1.165) is 6.54 Å². The normalized spacial score (nSPS) is 10.4. The van der Waals surface area contributed by atoms with Crippen LogP contribution in [0.5, 0.6) is 5.75 Å². The predicted molar refractivity (Wildman–Crippen MR) is 83.9 cm³/mol. The lowest BCUT2D eigenvalue weighted by atomic mass is 10.2. The first kappa shape index (κ1) is 19.8. The molecule has 2 N–H and O–H groups in total. The number of phosphoric acid groups is 1. The van der Waals surface area contributed by atoms with Gasteiger partial charge in [-0.2, -0.15) is 4.57 Å². The summed E-state index contributed by atoms with van der Waals surface area (Å²) in [5, 5.41) is 0. The smallest absolute Gasteiger partial charge is 0.414 e. The van der Waals surface area contributed by atoms with E-state index in [1.807, 2.05) is 41.2 Å². The summed E-state index contributed by atoms with van der Waals surface area (Å²) in [5.41, 5.74) is 1.20. The maximum absolute atomic E-state index is 11.5. The monoisotopic (exact) mass is 354 g/mol. The number of hydrogen-bond acceptors (Lipinski definition) is 4. The fourth-order valence-corrected chi connectivity index (χ4v) is 1.64. The lowest BCUT2D eigenvalue weighted by Gasteiger charge is -2.09. The van der Waals surface area contributed by atoms with Crippen molar-refractivity contribution in [3.8, 4) is 5.75 Å². The van der Waals surface area contributed by atoms with Gasteiger partial charge in [-0.15, -0.1) is 0 Å². The Balaban J connectivity index is 0.000000505. The minimum Gasteiger partial charge on any atom is -0.756 e. The molecular formula is C15H19N2O6P. The molecule has 24 heavy (non-hydrogen) atoms. The average Bonchev–Trinajstić information content (AvgIpc) is 2.47. The number of benzene rings is 1. The van der Waals surface area contributed by atoms with Gasteiger partial charge in [0, 0.05) is 25.7 Å². The molecule has 1 aromatic heterocycles. The van der Waals surface area contributed by atoms with Gasteiger partial charge in [-0.3, -0.25) is 4.57 Å². The van der Waals surface area contributed by atoms with Crippen molar-refractivity contribution in [2.45, 2.75) is 6.54 Å². The summed E-state index contributed by atoms with van der Waals surface area (Å²) in [4.78, 5) is 35.8. The highest BCUT2D eigenvalue weighted by molar-refractivity contribution is 7.43. The van der Waals surface area contributed by atoms with E-state index in [1.54, 1.807) is 20.2 Å². The maximum atomic E-state index is 11.5. The Morgan fingerprint density at radius 2 is 1.79 bits per heavy atom. The topological polar surface area (TPSA) is 114 Å². The molecule has 1 aromatic carbocycles. The largest absolute Gasteiger partial charge is 0.756 e. The number of carbonyl (C=O) groups excluding carboxylic acids is 1. The number of amides is 1. The molecule has 0 unspecified atom stereocenters. The summed E-state index contributed by atoms with van der Waals surface area (Å²) in [5.74, 6) is 0.539. The zero-order chi connectivity index (χ0) is 18.2. The fraction of sp³-hybridized carbons (Fsp3) is 0.200. The van der Waals surface area contributed by atoms with Crippen LogP contribution in [0.3, 0.4) is 0 Å². The number of ether oxygens (including phenoxy) is 1. The van der Waals surface area contributed by atoms with E-state index in [-0.39, 0.29) is 6.09 Å². The van der Waals surface area contributed by atoms with Gasteiger partial charge in [-0.25, -0.2) is 4.79 Å². The predicted octanol–water partition coefficient (Wildman–Crippen LogP) is 0.522. The minimum absolute atomic E-state index is 0.377. The molecule has 1 amide bonds. The highest BCUT2D eigenvalue weighted by atomic mass is 31.2. The van der Waals surface area contributed by atoms with E-state index in [2.05, 4.69) is 12.1 Å². The fourth-order valence-electron chi connectivity index (χ4n) is 1.64. The molecule has 0 fully saturated rings. The highest BCUT2D eigenvalue weighted by Gasteiger charge is 2.10. The van der Waals surface area contributed by atoms with E-state index in [1.165, 1.54) is 10.5 Å². The molecule has 130 valence electrons. The Morgan fingerprint density at radius 1 is 1.21 bits per heavy atom. The first-order chi connectivity index (χ1) is 11.1. The Labute approximate surface area is 139 Å². The van der Waals surface area contributed by atoms with Crippen LogP contribution in [0, 0.1) is 0 Å². The van der Waals surface area contributed by atoms with Crippen molar-refractivity contribution in [1.29, 1.82) is 0 Å². The molecule has 0 aliphatic rings. The zero-order valence-electron chi connectivity index (χ0n) is 13.3. The molecule has 0 spiro atoms. The molecule has 8 nitrogen and oxygen atoms in total. The summed E-state index contributed by atoms with van der Waals surface area (Å²) >= 11 is 0. The Bertz CT molecular complexity index is 694. The molecule has 9 heteroatoms. The molecular weight excluding hydrogens is 335 g/mol. The summed E-state index contributed by atoms with van der Waals surface area (Å²) in [6.07, 6.45) is 3.38. The molecule has 1 heterocycles. The van der Waals surface area contributed by atoms with Gasteiger partial charge in [0.05, 0.1) is 0 Å². The van der Waals surface area contributed by atoms with Crippen molar-refractivity contribution in [1.82, 2.24) is 4.90 Å². The molecule has 0 bridgehead atoms. The number of rotatable bonds is 3. The first-order valence-electron chi connectivity index (χ1n) is 6.84. The van der Waals surface area contributed by atoms with Crippen LogP contribution in [0.15, 0.2) is 54.9 Å². The van der Waals surface area contributed by atoms with Crippen LogP contribution in [-0.2, 0) is 11.1 Å². The van der Waals surface area contributed by atoms with Crippen LogP contribution in [-0.4, -0.2) is 34.9 Å². The lowest BCUT2D eigenvalue weighted by molar-refractivity contribution is -0.688. The molecule has 0 saturated carbocycles. The summed E-state index contributed by atoms with van der Waals surface area (Å²) < 4.78 is 16.0. The second-order valence-electron chi connectivity index (χ2n) is 4.95. The third-order valence-corrected chi connectivity index (χ3v) is 2.61. The molecule has 0 saturated heterocycles. The molecule has 2 rings (SSSR count). The van der Waals surface area contributed by atoms with E-state index < -0.39 is 7.82 Å². The highest BCUT2D eigenvalue weighted by Crippen LogP contribution is 2.19. The number of pyridine rings is 1.